The summed E-state index contributed by atoms with van der Waals surface area (Å²) < 4.78 is 33.1. The van der Waals surface area contributed by atoms with Crippen molar-refractivity contribution < 1.29 is 37.6 Å². The number of hydrogen-bond donors (Lipinski definition) is 2. The van der Waals surface area contributed by atoms with Gasteiger partial charge in [-0.25, -0.2) is 4.57 Å². The Bertz CT molecular complexity index is 1610. The third-order valence-corrected chi connectivity index (χ3v) is 14.9. The van der Waals surface area contributed by atoms with Crippen LogP contribution in [0.4, 0.5) is 0 Å². The molecule has 0 fully saturated rings. The van der Waals surface area contributed by atoms with E-state index in [9.17, 15) is 19.0 Å². The monoisotopic (exact) mass is 1120 g/mol. The van der Waals surface area contributed by atoms with Crippen molar-refractivity contribution in [3.8, 4) is 0 Å². The van der Waals surface area contributed by atoms with Crippen molar-refractivity contribution in [3.05, 3.63) is 97.2 Å². The molecule has 0 aliphatic heterocycles. The first-order valence-corrected chi connectivity index (χ1v) is 34.2. The molecule has 10 heteroatoms. The highest BCUT2D eigenvalue weighted by Crippen LogP contribution is 2.43. The van der Waals surface area contributed by atoms with E-state index in [1.165, 1.54) is 180 Å². The summed E-state index contributed by atoms with van der Waals surface area (Å²) in [7, 11) is -4.39. The highest BCUT2D eigenvalue weighted by molar-refractivity contribution is 7.47. The van der Waals surface area contributed by atoms with Gasteiger partial charge in [-0.3, -0.25) is 18.6 Å². The number of ether oxygens (including phenoxy) is 2. The van der Waals surface area contributed by atoms with Crippen LogP contribution < -0.4 is 5.73 Å². The normalized spacial score (nSPS) is 13.6. The molecule has 0 aliphatic rings. The number of carbonyl (C=O) groups is 2. The standard InChI is InChI=1S/C69H122NO8P/c1-3-5-7-9-11-13-15-17-19-21-23-24-25-26-27-28-29-30-31-32-33-34-35-36-37-38-39-40-41-42-44-46-48-50-52-54-56-58-60-62-69(72)78-67(66-77-79(73,74)76-64-63-70)65-75-68(71)61-59-57-55-53-51-49-47-45-43-22-20-18-16-14-12-10-8-6-4-2/h5,7,11-14,17-20,23-24,26-27,29-30,67H,3-4,6,8-10,15-16,21-22,25,28,31-66,70H2,1-2H3,(H,73,74)/b7-5-,13-11-,14-12-,19-17-,20-18-,24-23-,27-26-,30-29-. The maximum absolute atomic E-state index is 12.7. The minimum absolute atomic E-state index is 0.0513. The summed E-state index contributed by atoms with van der Waals surface area (Å²) in [5, 5.41) is 0. The first kappa shape index (κ1) is 75.9. The summed E-state index contributed by atoms with van der Waals surface area (Å²) in [5.74, 6) is -0.824. The van der Waals surface area contributed by atoms with E-state index in [1.807, 2.05) is 0 Å². The number of unbranched alkanes of at least 4 members (excludes halogenated alkanes) is 32. The van der Waals surface area contributed by atoms with Crippen molar-refractivity contribution >= 4 is 19.8 Å². The van der Waals surface area contributed by atoms with Crippen LogP contribution in [0.3, 0.4) is 0 Å². The Labute approximate surface area is 486 Å². The largest absolute Gasteiger partial charge is 0.472 e. The number of hydrogen-bond acceptors (Lipinski definition) is 8. The second-order valence-corrected chi connectivity index (χ2v) is 23.1. The lowest BCUT2D eigenvalue weighted by atomic mass is 10.0. The Morgan fingerprint density at radius 1 is 0.392 bits per heavy atom. The van der Waals surface area contributed by atoms with E-state index in [0.717, 1.165) is 83.5 Å². The van der Waals surface area contributed by atoms with Crippen molar-refractivity contribution in [3.63, 3.8) is 0 Å². The van der Waals surface area contributed by atoms with Crippen LogP contribution in [0.2, 0.25) is 0 Å². The van der Waals surface area contributed by atoms with E-state index in [2.05, 4.69) is 111 Å². The van der Waals surface area contributed by atoms with Crippen molar-refractivity contribution in [1.82, 2.24) is 0 Å². The van der Waals surface area contributed by atoms with E-state index >= 15 is 0 Å². The third kappa shape index (κ3) is 64.0. The molecule has 0 amide bonds. The number of rotatable bonds is 61. The average molecular weight is 1120 g/mol. The Balaban J connectivity index is 3.84. The van der Waals surface area contributed by atoms with Gasteiger partial charge in [-0.15, -0.1) is 0 Å². The number of phosphoric ester groups is 1. The van der Waals surface area contributed by atoms with Crippen molar-refractivity contribution in [1.29, 1.82) is 0 Å². The molecule has 0 aromatic heterocycles. The van der Waals surface area contributed by atoms with Crippen LogP contribution in [0, 0.1) is 0 Å². The number of esters is 2. The highest BCUT2D eigenvalue weighted by Gasteiger charge is 2.26. The highest BCUT2D eigenvalue weighted by atomic mass is 31.2. The van der Waals surface area contributed by atoms with Gasteiger partial charge in [-0.2, -0.15) is 0 Å². The van der Waals surface area contributed by atoms with Gasteiger partial charge >= 0.3 is 19.8 Å². The molecule has 9 nitrogen and oxygen atoms in total. The molecule has 0 aromatic carbocycles. The maximum Gasteiger partial charge on any atom is 0.472 e. The van der Waals surface area contributed by atoms with Gasteiger partial charge in [0.15, 0.2) is 6.10 Å². The summed E-state index contributed by atoms with van der Waals surface area (Å²) in [6.07, 6.45) is 86.3. The van der Waals surface area contributed by atoms with Crippen LogP contribution in [0.25, 0.3) is 0 Å². The van der Waals surface area contributed by atoms with E-state index in [0.29, 0.717) is 6.42 Å². The molecule has 0 radical (unpaired) electrons. The third-order valence-electron chi connectivity index (χ3n) is 14.0. The smallest absolute Gasteiger partial charge is 0.462 e. The van der Waals surface area contributed by atoms with Gasteiger partial charge < -0.3 is 20.1 Å². The summed E-state index contributed by atoms with van der Waals surface area (Å²) >= 11 is 0. The summed E-state index contributed by atoms with van der Waals surface area (Å²) in [6.45, 7) is 3.63. The topological polar surface area (TPSA) is 134 Å². The number of allylic oxidation sites excluding steroid dienone is 16. The summed E-state index contributed by atoms with van der Waals surface area (Å²) in [6, 6.07) is 0. The molecule has 79 heavy (non-hydrogen) atoms. The first-order chi connectivity index (χ1) is 38.8. The minimum Gasteiger partial charge on any atom is -0.462 e. The number of nitrogens with two attached hydrogens (primary N) is 1. The fraction of sp³-hybridized carbons (Fsp3) is 0.739. The lowest BCUT2D eigenvalue weighted by molar-refractivity contribution is -0.161. The lowest BCUT2D eigenvalue weighted by Crippen LogP contribution is -2.29. The molecule has 0 rings (SSSR count). The van der Waals surface area contributed by atoms with Crippen molar-refractivity contribution in [2.45, 2.75) is 302 Å². The maximum atomic E-state index is 12.7. The van der Waals surface area contributed by atoms with Gasteiger partial charge in [0, 0.05) is 19.4 Å². The molecule has 0 aromatic rings. The van der Waals surface area contributed by atoms with Crippen LogP contribution >= 0.6 is 7.82 Å². The molecule has 0 saturated heterocycles. The zero-order valence-corrected chi connectivity index (χ0v) is 52.0. The molecular weight excluding hydrogens is 1000 g/mol. The SMILES string of the molecule is CC/C=C\C/C=C\C/C=C\C/C=C\C/C=C\C/C=C\CCCCCCCCCCCCCCCCCCCCCCC(=O)OC(COC(=O)CCCCCCCCCCC/C=C\C/C=C\CCCCC)COP(=O)(O)OCCN. The Hall–Kier alpha value is -3.07. The van der Waals surface area contributed by atoms with E-state index in [4.69, 9.17) is 24.3 Å². The average Bonchev–Trinajstić information content (AvgIpc) is 3.44. The van der Waals surface area contributed by atoms with Gasteiger partial charge in [-0.1, -0.05) is 284 Å². The van der Waals surface area contributed by atoms with Crippen LogP contribution in [0.15, 0.2) is 97.2 Å². The van der Waals surface area contributed by atoms with Crippen LogP contribution in [-0.4, -0.2) is 49.3 Å². The van der Waals surface area contributed by atoms with Crippen molar-refractivity contribution in [2.75, 3.05) is 26.4 Å². The molecule has 0 aliphatic carbocycles. The lowest BCUT2D eigenvalue weighted by Gasteiger charge is -2.19. The summed E-state index contributed by atoms with van der Waals surface area (Å²) in [4.78, 5) is 35.3. The second-order valence-electron chi connectivity index (χ2n) is 21.6. The van der Waals surface area contributed by atoms with Crippen LogP contribution in [0.1, 0.15) is 296 Å². The van der Waals surface area contributed by atoms with Gasteiger partial charge in [-0.05, 0) is 96.3 Å². The molecule has 2 unspecified atom stereocenters. The molecule has 456 valence electrons. The Kier molecular flexibility index (Phi) is 61.6. The predicted molar refractivity (Wildman–Crippen MR) is 339 cm³/mol. The molecule has 0 spiro atoms. The fourth-order valence-electron chi connectivity index (χ4n) is 9.14. The first-order valence-electron chi connectivity index (χ1n) is 32.7. The number of phosphoric acid groups is 1. The van der Waals surface area contributed by atoms with Crippen molar-refractivity contribution in [2.24, 2.45) is 5.73 Å². The number of carbonyl (C=O) groups excluding carboxylic acids is 2. The Morgan fingerprint density at radius 2 is 0.696 bits per heavy atom. The molecule has 0 saturated carbocycles. The molecule has 3 N–H and O–H groups in total. The molecular formula is C69H122NO8P. The van der Waals surface area contributed by atoms with Crippen LogP contribution in [-0.2, 0) is 32.7 Å². The minimum atomic E-state index is -4.39. The van der Waals surface area contributed by atoms with Crippen LogP contribution in [0.5, 0.6) is 0 Å². The zero-order valence-electron chi connectivity index (χ0n) is 51.1. The predicted octanol–water partition coefficient (Wildman–Crippen LogP) is 21.2. The van der Waals surface area contributed by atoms with E-state index in [1.54, 1.807) is 0 Å². The summed E-state index contributed by atoms with van der Waals surface area (Å²) in [5.41, 5.74) is 5.39. The zero-order chi connectivity index (χ0) is 57.3. The Morgan fingerprint density at radius 3 is 1.04 bits per heavy atom. The van der Waals surface area contributed by atoms with E-state index < -0.39 is 26.5 Å². The second kappa shape index (κ2) is 64.1. The molecule has 0 heterocycles. The quantitative estimate of drug-likeness (QED) is 0.0264. The molecule has 2 atom stereocenters. The van der Waals surface area contributed by atoms with E-state index in [-0.39, 0.29) is 38.6 Å². The van der Waals surface area contributed by atoms with Gasteiger partial charge in [0.05, 0.1) is 13.2 Å². The van der Waals surface area contributed by atoms with Gasteiger partial charge in [0.2, 0.25) is 0 Å². The molecule has 0 bridgehead atoms. The van der Waals surface area contributed by atoms with Gasteiger partial charge in [0.25, 0.3) is 0 Å². The van der Waals surface area contributed by atoms with Gasteiger partial charge in [0.1, 0.15) is 6.61 Å². The fourth-order valence-corrected chi connectivity index (χ4v) is 9.91.